The maximum Gasteiger partial charge on any atom is 0.185 e. The van der Waals surface area contributed by atoms with Crippen molar-refractivity contribution < 1.29 is 13.9 Å². The van der Waals surface area contributed by atoms with Crippen LogP contribution in [-0.4, -0.2) is 13.4 Å². The van der Waals surface area contributed by atoms with Crippen molar-refractivity contribution in [3.05, 3.63) is 52.5 Å². The highest BCUT2D eigenvalue weighted by Crippen LogP contribution is 2.25. The summed E-state index contributed by atoms with van der Waals surface area (Å²) >= 11 is 0. The van der Waals surface area contributed by atoms with Gasteiger partial charge in [0.2, 0.25) is 0 Å². The standard InChI is InChI=1S/C15H16O3/c1-10-6-12(7-11(2)15(10)17-3)8-13-4-5-14(9-16)18-13/h4-7,9H,8H2,1-3H3. The molecule has 0 saturated heterocycles. The Kier molecular flexibility index (Phi) is 3.51. The number of methoxy groups -OCH3 is 1. The smallest absolute Gasteiger partial charge is 0.185 e. The van der Waals surface area contributed by atoms with Crippen LogP contribution in [0.5, 0.6) is 5.75 Å². The first-order valence-corrected chi connectivity index (χ1v) is 5.82. The van der Waals surface area contributed by atoms with Crippen LogP contribution in [0.25, 0.3) is 0 Å². The first-order chi connectivity index (χ1) is 8.63. The van der Waals surface area contributed by atoms with Crippen LogP contribution in [0.2, 0.25) is 0 Å². The molecule has 1 heterocycles. The Hall–Kier alpha value is -2.03. The van der Waals surface area contributed by atoms with E-state index in [9.17, 15) is 4.79 Å². The Morgan fingerprint density at radius 2 is 1.89 bits per heavy atom. The summed E-state index contributed by atoms with van der Waals surface area (Å²) in [4.78, 5) is 10.6. The topological polar surface area (TPSA) is 39.4 Å². The van der Waals surface area contributed by atoms with Crippen LogP contribution in [0.15, 0.2) is 28.7 Å². The molecule has 3 nitrogen and oxygen atoms in total. The van der Waals surface area contributed by atoms with Crippen molar-refractivity contribution in [1.29, 1.82) is 0 Å². The summed E-state index contributed by atoms with van der Waals surface area (Å²) in [6.45, 7) is 4.04. The molecular formula is C15H16O3. The molecule has 0 N–H and O–H groups in total. The monoisotopic (exact) mass is 244 g/mol. The van der Waals surface area contributed by atoms with Crippen LogP contribution in [-0.2, 0) is 6.42 Å². The lowest BCUT2D eigenvalue weighted by molar-refractivity contribution is 0.109. The second kappa shape index (κ2) is 5.08. The third-order valence-corrected chi connectivity index (χ3v) is 2.90. The molecule has 0 atom stereocenters. The Balaban J connectivity index is 2.26. The minimum Gasteiger partial charge on any atom is -0.496 e. The van der Waals surface area contributed by atoms with Crippen molar-refractivity contribution in [1.82, 2.24) is 0 Å². The third-order valence-electron chi connectivity index (χ3n) is 2.90. The first-order valence-electron chi connectivity index (χ1n) is 5.82. The van der Waals surface area contributed by atoms with Gasteiger partial charge in [0.05, 0.1) is 7.11 Å². The molecule has 2 rings (SSSR count). The summed E-state index contributed by atoms with van der Waals surface area (Å²) in [5.41, 5.74) is 3.36. The number of carbonyl (C=O) groups excluding carboxylic acids is 1. The number of hydrogen-bond donors (Lipinski definition) is 0. The van der Waals surface area contributed by atoms with E-state index < -0.39 is 0 Å². The van der Waals surface area contributed by atoms with Crippen LogP contribution in [0.1, 0.15) is 33.0 Å². The second-order valence-electron chi connectivity index (χ2n) is 4.36. The number of carbonyl (C=O) groups is 1. The first kappa shape index (κ1) is 12.4. The molecule has 0 spiro atoms. The molecule has 0 bridgehead atoms. The molecule has 1 aromatic heterocycles. The minimum atomic E-state index is 0.368. The van der Waals surface area contributed by atoms with Crippen LogP contribution in [0, 0.1) is 13.8 Å². The van der Waals surface area contributed by atoms with Crippen LogP contribution in [0.3, 0.4) is 0 Å². The van der Waals surface area contributed by atoms with Crippen LogP contribution >= 0.6 is 0 Å². The largest absolute Gasteiger partial charge is 0.496 e. The van der Waals surface area contributed by atoms with E-state index in [0.717, 1.165) is 28.2 Å². The number of furan rings is 1. The summed E-state index contributed by atoms with van der Waals surface area (Å²) < 4.78 is 10.7. The molecule has 0 saturated carbocycles. The summed E-state index contributed by atoms with van der Waals surface area (Å²) in [6.07, 6.45) is 1.40. The van der Waals surface area contributed by atoms with E-state index in [1.807, 2.05) is 19.9 Å². The van der Waals surface area contributed by atoms with Crippen LogP contribution < -0.4 is 4.74 Å². The van der Waals surface area contributed by atoms with Gasteiger partial charge in [-0.1, -0.05) is 12.1 Å². The van der Waals surface area contributed by atoms with Gasteiger partial charge in [-0.25, -0.2) is 0 Å². The molecule has 0 fully saturated rings. The Morgan fingerprint density at radius 3 is 2.39 bits per heavy atom. The number of benzene rings is 1. The predicted octanol–water partition coefficient (Wildman–Crippen LogP) is 3.31. The van der Waals surface area contributed by atoms with E-state index in [1.54, 1.807) is 13.2 Å². The number of hydrogen-bond acceptors (Lipinski definition) is 3. The van der Waals surface area contributed by atoms with E-state index in [-0.39, 0.29) is 0 Å². The van der Waals surface area contributed by atoms with Crippen molar-refractivity contribution in [2.45, 2.75) is 20.3 Å². The summed E-state index contributed by atoms with van der Waals surface area (Å²) in [7, 11) is 1.68. The van der Waals surface area contributed by atoms with Gasteiger partial charge in [-0.3, -0.25) is 4.79 Å². The fraction of sp³-hybridized carbons (Fsp3) is 0.267. The zero-order valence-electron chi connectivity index (χ0n) is 10.8. The summed E-state index contributed by atoms with van der Waals surface area (Å²) in [5, 5.41) is 0. The average Bonchev–Trinajstić information content (AvgIpc) is 2.76. The van der Waals surface area contributed by atoms with Gasteiger partial charge in [0, 0.05) is 6.42 Å². The molecule has 0 aliphatic carbocycles. The van der Waals surface area contributed by atoms with Crippen molar-refractivity contribution in [3.8, 4) is 5.75 Å². The SMILES string of the molecule is COc1c(C)cc(Cc2ccc(C=O)o2)cc1C. The van der Waals surface area contributed by atoms with Crippen LogP contribution in [0.4, 0.5) is 0 Å². The van der Waals surface area contributed by atoms with Gasteiger partial charge in [0.25, 0.3) is 0 Å². The van der Waals surface area contributed by atoms with E-state index in [4.69, 9.17) is 9.15 Å². The van der Waals surface area contributed by atoms with Gasteiger partial charge >= 0.3 is 0 Å². The number of ether oxygens (including phenoxy) is 1. The van der Waals surface area contributed by atoms with E-state index >= 15 is 0 Å². The molecule has 0 unspecified atom stereocenters. The van der Waals surface area contributed by atoms with Crippen molar-refractivity contribution in [3.63, 3.8) is 0 Å². The normalized spacial score (nSPS) is 10.4. The molecule has 18 heavy (non-hydrogen) atoms. The third kappa shape index (κ3) is 2.45. The average molecular weight is 244 g/mol. The van der Waals surface area contributed by atoms with E-state index in [0.29, 0.717) is 18.5 Å². The summed E-state index contributed by atoms with van der Waals surface area (Å²) in [6, 6.07) is 7.67. The van der Waals surface area contributed by atoms with Gasteiger partial charge < -0.3 is 9.15 Å². The van der Waals surface area contributed by atoms with Crippen molar-refractivity contribution in [2.75, 3.05) is 7.11 Å². The fourth-order valence-corrected chi connectivity index (χ4v) is 2.22. The van der Waals surface area contributed by atoms with Gasteiger partial charge in [0.15, 0.2) is 12.0 Å². The minimum absolute atomic E-state index is 0.368. The molecule has 0 radical (unpaired) electrons. The number of rotatable bonds is 4. The highest BCUT2D eigenvalue weighted by molar-refractivity contribution is 5.70. The Bertz CT molecular complexity index is 544. The molecule has 3 heteroatoms. The van der Waals surface area contributed by atoms with Gasteiger partial charge in [-0.05, 0) is 42.7 Å². The number of aryl methyl sites for hydroxylation is 2. The second-order valence-corrected chi connectivity index (χ2v) is 4.36. The fourth-order valence-electron chi connectivity index (χ4n) is 2.22. The lowest BCUT2D eigenvalue weighted by atomic mass is 10.0. The van der Waals surface area contributed by atoms with Gasteiger partial charge in [-0.15, -0.1) is 0 Å². The maximum atomic E-state index is 10.6. The highest BCUT2D eigenvalue weighted by Gasteiger charge is 2.08. The van der Waals surface area contributed by atoms with Crippen molar-refractivity contribution in [2.24, 2.45) is 0 Å². The highest BCUT2D eigenvalue weighted by atomic mass is 16.5. The molecule has 94 valence electrons. The molecular weight excluding hydrogens is 228 g/mol. The summed E-state index contributed by atoms with van der Waals surface area (Å²) in [5.74, 6) is 2.08. The lowest BCUT2D eigenvalue weighted by Gasteiger charge is -2.10. The van der Waals surface area contributed by atoms with E-state index in [1.165, 1.54) is 0 Å². The molecule has 0 aliphatic rings. The molecule has 2 aromatic rings. The van der Waals surface area contributed by atoms with E-state index in [2.05, 4.69) is 12.1 Å². The Labute approximate surface area is 106 Å². The maximum absolute atomic E-state index is 10.6. The molecule has 1 aromatic carbocycles. The molecule has 0 aliphatic heterocycles. The zero-order valence-corrected chi connectivity index (χ0v) is 10.8. The predicted molar refractivity (Wildman–Crippen MR) is 69.4 cm³/mol. The zero-order chi connectivity index (χ0) is 13.1. The molecule has 0 amide bonds. The number of aldehydes is 1. The quantitative estimate of drug-likeness (QED) is 0.774. The van der Waals surface area contributed by atoms with Gasteiger partial charge in [0.1, 0.15) is 11.5 Å². The lowest BCUT2D eigenvalue weighted by Crippen LogP contribution is -1.94. The van der Waals surface area contributed by atoms with Crippen molar-refractivity contribution >= 4 is 6.29 Å². The van der Waals surface area contributed by atoms with Gasteiger partial charge in [-0.2, -0.15) is 0 Å². The Morgan fingerprint density at radius 1 is 1.22 bits per heavy atom.